The summed E-state index contributed by atoms with van der Waals surface area (Å²) in [6.45, 7) is 0.255. The topological polar surface area (TPSA) is 62.0 Å². The lowest BCUT2D eigenvalue weighted by Gasteiger charge is -2.07. The average molecular weight is 266 g/mol. The van der Waals surface area contributed by atoms with Crippen LogP contribution in [-0.2, 0) is 6.18 Å². The van der Waals surface area contributed by atoms with E-state index in [1.165, 1.54) is 0 Å². The molecule has 2 N–H and O–H groups in total. The molecule has 1 aromatic rings. The van der Waals surface area contributed by atoms with Crippen molar-refractivity contribution in [3.8, 4) is 0 Å². The van der Waals surface area contributed by atoms with Crippen molar-refractivity contribution in [3.05, 3.63) is 33.7 Å². The number of H-pyrrole nitrogens is 1. The molecule has 0 atom stereocenters. The molecule has 0 aliphatic rings. The number of rotatable bonds is 3. The molecule has 1 aromatic heterocycles. The number of alkyl halides is 3. The molecule has 8 heteroatoms. The Morgan fingerprint density at radius 3 is 2.53 bits per heavy atom. The van der Waals surface area contributed by atoms with Gasteiger partial charge in [-0.1, -0.05) is 0 Å². The SMILES string of the molecule is O=C(NCCS)c1ccc(C(F)(F)F)c(=O)[nH]1. The maximum atomic E-state index is 12.3. The van der Waals surface area contributed by atoms with Crippen LogP contribution in [0.4, 0.5) is 13.2 Å². The Balaban J connectivity index is 2.97. The molecular formula is C9H9F3N2O2S. The minimum Gasteiger partial charge on any atom is -0.350 e. The molecule has 0 aliphatic heterocycles. The van der Waals surface area contributed by atoms with Gasteiger partial charge in [-0.05, 0) is 12.1 Å². The summed E-state index contributed by atoms with van der Waals surface area (Å²) in [5.41, 5.74) is -2.89. The second-order valence-electron chi connectivity index (χ2n) is 3.09. The van der Waals surface area contributed by atoms with Gasteiger partial charge in [-0.15, -0.1) is 0 Å². The van der Waals surface area contributed by atoms with Crippen LogP contribution in [0.15, 0.2) is 16.9 Å². The third-order valence-electron chi connectivity index (χ3n) is 1.86. The number of hydrogen-bond acceptors (Lipinski definition) is 3. The van der Waals surface area contributed by atoms with Crippen LogP contribution < -0.4 is 10.9 Å². The highest BCUT2D eigenvalue weighted by Crippen LogP contribution is 2.25. The molecule has 0 spiro atoms. The molecule has 1 amide bonds. The Kier molecular flexibility index (Phi) is 4.22. The second kappa shape index (κ2) is 5.26. The Morgan fingerprint density at radius 1 is 1.41 bits per heavy atom. The van der Waals surface area contributed by atoms with E-state index in [0.717, 1.165) is 6.07 Å². The van der Waals surface area contributed by atoms with E-state index in [1.54, 1.807) is 0 Å². The van der Waals surface area contributed by atoms with Crippen LogP contribution in [0.3, 0.4) is 0 Å². The first-order chi connectivity index (χ1) is 7.86. The van der Waals surface area contributed by atoms with E-state index in [2.05, 4.69) is 17.9 Å². The van der Waals surface area contributed by atoms with Gasteiger partial charge in [0.25, 0.3) is 11.5 Å². The number of pyridine rings is 1. The monoisotopic (exact) mass is 266 g/mol. The van der Waals surface area contributed by atoms with E-state index in [-0.39, 0.29) is 12.2 Å². The van der Waals surface area contributed by atoms with Gasteiger partial charge in [-0.2, -0.15) is 25.8 Å². The van der Waals surface area contributed by atoms with Crippen LogP contribution in [0.1, 0.15) is 16.1 Å². The maximum Gasteiger partial charge on any atom is 0.421 e. The van der Waals surface area contributed by atoms with Crippen molar-refractivity contribution in [2.45, 2.75) is 6.18 Å². The Bertz CT molecular complexity index is 470. The van der Waals surface area contributed by atoms with Crippen LogP contribution in [-0.4, -0.2) is 23.2 Å². The zero-order valence-corrected chi connectivity index (χ0v) is 9.36. The van der Waals surface area contributed by atoms with Crippen molar-refractivity contribution in [3.63, 3.8) is 0 Å². The summed E-state index contributed by atoms with van der Waals surface area (Å²) in [4.78, 5) is 24.3. The van der Waals surface area contributed by atoms with Crippen molar-refractivity contribution in [2.24, 2.45) is 0 Å². The van der Waals surface area contributed by atoms with Gasteiger partial charge in [0, 0.05) is 12.3 Å². The Hall–Kier alpha value is -1.44. The van der Waals surface area contributed by atoms with Crippen molar-refractivity contribution in [2.75, 3.05) is 12.3 Å². The summed E-state index contributed by atoms with van der Waals surface area (Å²) in [6.07, 6.45) is -4.73. The molecular weight excluding hydrogens is 257 g/mol. The largest absolute Gasteiger partial charge is 0.421 e. The molecule has 0 bridgehead atoms. The van der Waals surface area contributed by atoms with E-state index < -0.39 is 23.2 Å². The van der Waals surface area contributed by atoms with Crippen molar-refractivity contribution in [1.82, 2.24) is 10.3 Å². The van der Waals surface area contributed by atoms with Crippen molar-refractivity contribution < 1.29 is 18.0 Å². The number of thiol groups is 1. The number of nitrogens with one attached hydrogen (secondary N) is 2. The normalized spacial score (nSPS) is 11.3. The summed E-state index contributed by atoms with van der Waals surface area (Å²) < 4.78 is 36.8. The second-order valence-corrected chi connectivity index (χ2v) is 3.54. The lowest BCUT2D eigenvalue weighted by Crippen LogP contribution is -2.30. The minimum atomic E-state index is -4.73. The summed E-state index contributed by atoms with van der Waals surface area (Å²) in [7, 11) is 0. The van der Waals surface area contributed by atoms with Crippen LogP contribution in [0, 0.1) is 0 Å². The first kappa shape index (κ1) is 13.6. The Morgan fingerprint density at radius 2 is 2.06 bits per heavy atom. The first-order valence-electron chi connectivity index (χ1n) is 4.56. The van der Waals surface area contributed by atoms with Crippen LogP contribution in [0.2, 0.25) is 0 Å². The molecule has 94 valence electrons. The fourth-order valence-corrected chi connectivity index (χ4v) is 1.21. The van der Waals surface area contributed by atoms with E-state index in [4.69, 9.17) is 0 Å². The first-order valence-corrected chi connectivity index (χ1v) is 5.19. The van der Waals surface area contributed by atoms with Gasteiger partial charge < -0.3 is 10.3 Å². The Labute approximate surface area is 99.6 Å². The van der Waals surface area contributed by atoms with Gasteiger partial charge >= 0.3 is 6.18 Å². The van der Waals surface area contributed by atoms with Gasteiger partial charge in [0.05, 0.1) is 0 Å². The highest BCUT2D eigenvalue weighted by molar-refractivity contribution is 7.80. The smallest absolute Gasteiger partial charge is 0.350 e. The molecule has 0 fully saturated rings. The lowest BCUT2D eigenvalue weighted by molar-refractivity contribution is -0.138. The highest BCUT2D eigenvalue weighted by atomic mass is 32.1. The molecule has 17 heavy (non-hydrogen) atoms. The number of carbonyl (C=O) groups is 1. The molecule has 0 unspecified atom stereocenters. The summed E-state index contributed by atoms with van der Waals surface area (Å²) in [6, 6.07) is 1.49. The van der Waals surface area contributed by atoms with Gasteiger partial charge in [-0.3, -0.25) is 9.59 Å². The van der Waals surface area contributed by atoms with E-state index in [1.807, 2.05) is 4.98 Å². The molecule has 1 heterocycles. The van der Waals surface area contributed by atoms with Gasteiger partial charge in [-0.25, -0.2) is 0 Å². The molecule has 0 saturated heterocycles. The zero-order chi connectivity index (χ0) is 13.1. The van der Waals surface area contributed by atoms with E-state index in [0.29, 0.717) is 11.8 Å². The quantitative estimate of drug-likeness (QED) is 0.716. The van der Waals surface area contributed by atoms with Gasteiger partial charge in [0.1, 0.15) is 11.3 Å². The molecule has 0 radical (unpaired) electrons. The number of amides is 1. The number of hydrogen-bond donors (Lipinski definition) is 3. The average Bonchev–Trinajstić information content (AvgIpc) is 2.23. The van der Waals surface area contributed by atoms with Crippen LogP contribution in [0.5, 0.6) is 0 Å². The molecule has 0 aromatic carbocycles. The fourth-order valence-electron chi connectivity index (χ4n) is 1.09. The molecule has 0 saturated carbocycles. The molecule has 0 aliphatic carbocycles. The summed E-state index contributed by atoms with van der Waals surface area (Å²) in [5.74, 6) is -0.263. The zero-order valence-electron chi connectivity index (χ0n) is 8.47. The molecule has 1 rings (SSSR count). The van der Waals surface area contributed by atoms with Crippen LogP contribution in [0.25, 0.3) is 0 Å². The predicted octanol–water partition coefficient (Wildman–Crippen LogP) is 1.05. The predicted molar refractivity (Wildman–Crippen MR) is 58.3 cm³/mol. The van der Waals surface area contributed by atoms with E-state index in [9.17, 15) is 22.8 Å². The van der Waals surface area contributed by atoms with Crippen molar-refractivity contribution in [1.29, 1.82) is 0 Å². The number of halogens is 3. The maximum absolute atomic E-state index is 12.3. The van der Waals surface area contributed by atoms with Crippen molar-refractivity contribution >= 4 is 18.5 Å². The summed E-state index contributed by atoms with van der Waals surface area (Å²) >= 11 is 3.85. The lowest BCUT2D eigenvalue weighted by atomic mass is 10.2. The number of aromatic nitrogens is 1. The van der Waals surface area contributed by atoms with Gasteiger partial charge in [0.2, 0.25) is 0 Å². The third-order valence-corrected chi connectivity index (χ3v) is 2.08. The number of carbonyl (C=O) groups excluding carboxylic acids is 1. The fraction of sp³-hybridized carbons (Fsp3) is 0.333. The van der Waals surface area contributed by atoms with Gasteiger partial charge in [0.15, 0.2) is 0 Å². The standard InChI is InChI=1S/C9H9F3N2O2S/c10-9(11,12)5-1-2-6(14-7(5)15)8(16)13-3-4-17/h1-2,17H,3-4H2,(H,13,16)(H,14,15). The third kappa shape index (κ3) is 3.52. The molecule has 4 nitrogen and oxygen atoms in total. The summed E-state index contributed by atoms with van der Waals surface area (Å²) in [5, 5.41) is 2.37. The van der Waals surface area contributed by atoms with E-state index >= 15 is 0 Å². The van der Waals surface area contributed by atoms with Crippen LogP contribution >= 0.6 is 12.6 Å². The highest BCUT2D eigenvalue weighted by Gasteiger charge is 2.33. The number of aromatic amines is 1. The minimum absolute atomic E-state index is 0.218.